The largest absolute Gasteiger partial charge is 0.368 e. The maximum absolute atomic E-state index is 13.9. The molecule has 142 valence electrons. The molecule has 0 unspecified atom stereocenters. The van der Waals surface area contributed by atoms with E-state index >= 15 is 0 Å². The zero-order valence-electron chi connectivity index (χ0n) is 14.9. The molecule has 2 aromatic carbocycles. The Balaban J connectivity index is 2.13. The summed E-state index contributed by atoms with van der Waals surface area (Å²) in [6.45, 7) is 1.26. The molecule has 6 nitrogen and oxygen atoms in total. The normalized spacial score (nSPS) is 12.7. The first kappa shape index (κ1) is 20.1. The molecule has 0 fully saturated rings. The maximum atomic E-state index is 13.9. The monoisotopic (exact) mass is 371 g/mol. The molecule has 0 bridgehead atoms. The number of nitrogens with two attached hydrogens (primary N) is 1. The molecule has 0 aliphatic rings. The van der Waals surface area contributed by atoms with E-state index in [2.05, 4.69) is 10.6 Å². The highest BCUT2D eigenvalue weighted by atomic mass is 19.1. The van der Waals surface area contributed by atoms with Crippen molar-refractivity contribution in [3.05, 3.63) is 71.5 Å². The van der Waals surface area contributed by atoms with E-state index in [0.29, 0.717) is 0 Å². The Labute approximate surface area is 156 Å². The quantitative estimate of drug-likeness (QED) is 0.647. The molecular weight excluding hydrogens is 349 g/mol. The van der Waals surface area contributed by atoms with Gasteiger partial charge in [0, 0.05) is 19.8 Å². The number of amides is 3. The van der Waals surface area contributed by atoms with Crippen molar-refractivity contribution in [1.29, 1.82) is 0 Å². The van der Waals surface area contributed by atoms with Gasteiger partial charge in [0.25, 0.3) is 0 Å². The van der Waals surface area contributed by atoms with Crippen LogP contribution < -0.4 is 16.4 Å². The van der Waals surface area contributed by atoms with Gasteiger partial charge in [-0.15, -0.1) is 0 Å². The van der Waals surface area contributed by atoms with Gasteiger partial charge in [-0.3, -0.25) is 14.4 Å². The number of primary amides is 1. The fourth-order valence-electron chi connectivity index (χ4n) is 2.68. The van der Waals surface area contributed by atoms with Gasteiger partial charge in [0.2, 0.25) is 17.7 Å². The third-order valence-corrected chi connectivity index (χ3v) is 4.02. The number of carbonyl (C=O) groups is 3. The van der Waals surface area contributed by atoms with E-state index in [1.54, 1.807) is 6.07 Å². The van der Waals surface area contributed by atoms with Crippen LogP contribution in [-0.4, -0.2) is 29.8 Å². The number of carbonyl (C=O) groups excluding carboxylic acids is 3. The van der Waals surface area contributed by atoms with E-state index < -0.39 is 35.6 Å². The summed E-state index contributed by atoms with van der Waals surface area (Å²) in [5, 5.41) is 5.05. The van der Waals surface area contributed by atoms with Crippen LogP contribution in [0.5, 0.6) is 0 Å². The third-order valence-electron chi connectivity index (χ3n) is 4.02. The van der Waals surface area contributed by atoms with Crippen molar-refractivity contribution in [3.63, 3.8) is 0 Å². The maximum Gasteiger partial charge on any atom is 0.243 e. The molecule has 0 aliphatic heterocycles. The highest BCUT2D eigenvalue weighted by molar-refractivity contribution is 5.91. The predicted molar refractivity (Wildman–Crippen MR) is 99.0 cm³/mol. The summed E-state index contributed by atoms with van der Waals surface area (Å²) in [5.74, 6) is -2.21. The van der Waals surface area contributed by atoms with Gasteiger partial charge >= 0.3 is 0 Å². The van der Waals surface area contributed by atoms with Gasteiger partial charge in [-0.05, 0) is 17.2 Å². The van der Waals surface area contributed by atoms with Crippen LogP contribution in [0.1, 0.15) is 18.1 Å². The minimum atomic E-state index is -1.03. The van der Waals surface area contributed by atoms with Gasteiger partial charge in [0.15, 0.2) is 0 Å². The molecular formula is C20H22FN3O3. The molecule has 3 amide bonds. The van der Waals surface area contributed by atoms with E-state index in [-0.39, 0.29) is 18.4 Å². The summed E-state index contributed by atoms with van der Waals surface area (Å²) in [4.78, 5) is 35.9. The molecule has 2 atom stereocenters. The summed E-state index contributed by atoms with van der Waals surface area (Å²) in [7, 11) is 0. The SMILES string of the molecule is CC(=O)N[C@@H](Cc1ccccc1F)C(=O)N[C@@H](Cc1ccccc1)C(N)=O. The molecule has 4 N–H and O–H groups in total. The zero-order chi connectivity index (χ0) is 19.8. The lowest BCUT2D eigenvalue weighted by Gasteiger charge is -2.22. The van der Waals surface area contributed by atoms with Gasteiger partial charge < -0.3 is 16.4 Å². The van der Waals surface area contributed by atoms with E-state index in [9.17, 15) is 18.8 Å². The van der Waals surface area contributed by atoms with Crippen LogP contribution in [0.3, 0.4) is 0 Å². The first-order valence-electron chi connectivity index (χ1n) is 8.51. The summed E-state index contributed by atoms with van der Waals surface area (Å²) < 4.78 is 13.9. The summed E-state index contributed by atoms with van der Waals surface area (Å²) in [5.41, 5.74) is 6.52. The lowest BCUT2D eigenvalue weighted by Crippen LogP contribution is -2.54. The van der Waals surface area contributed by atoms with E-state index in [1.165, 1.54) is 25.1 Å². The Morgan fingerprint density at radius 3 is 2.15 bits per heavy atom. The smallest absolute Gasteiger partial charge is 0.243 e. The molecule has 0 saturated carbocycles. The number of hydrogen-bond acceptors (Lipinski definition) is 3. The van der Waals surface area contributed by atoms with Crippen LogP contribution in [0.4, 0.5) is 4.39 Å². The van der Waals surface area contributed by atoms with Crippen molar-refractivity contribution in [1.82, 2.24) is 10.6 Å². The first-order chi connectivity index (χ1) is 12.9. The summed E-state index contributed by atoms with van der Waals surface area (Å²) >= 11 is 0. The van der Waals surface area contributed by atoms with Crippen LogP contribution in [0, 0.1) is 5.82 Å². The van der Waals surface area contributed by atoms with Crippen LogP contribution in [0.15, 0.2) is 54.6 Å². The Kier molecular flexibility index (Phi) is 7.05. The van der Waals surface area contributed by atoms with Gasteiger partial charge in [-0.2, -0.15) is 0 Å². The molecule has 0 aliphatic carbocycles. The molecule has 27 heavy (non-hydrogen) atoms. The average molecular weight is 371 g/mol. The highest BCUT2D eigenvalue weighted by Gasteiger charge is 2.26. The molecule has 2 aromatic rings. The number of halogens is 1. The van der Waals surface area contributed by atoms with Gasteiger partial charge in [-0.25, -0.2) is 4.39 Å². The predicted octanol–water partition coefficient (Wildman–Crippen LogP) is 1.09. The van der Waals surface area contributed by atoms with Crippen LogP contribution in [0.25, 0.3) is 0 Å². The first-order valence-corrected chi connectivity index (χ1v) is 8.51. The molecule has 0 heterocycles. The van der Waals surface area contributed by atoms with Gasteiger partial charge in [-0.1, -0.05) is 48.5 Å². The Morgan fingerprint density at radius 2 is 1.56 bits per heavy atom. The van der Waals surface area contributed by atoms with E-state index in [4.69, 9.17) is 5.73 Å². The fourth-order valence-corrected chi connectivity index (χ4v) is 2.68. The second-order valence-corrected chi connectivity index (χ2v) is 6.20. The van der Waals surface area contributed by atoms with Gasteiger partial charge in [0.05, 0.1) is 0 Å². The van der Waals surface area contributed by atoms with Gasteiger partial charge in [0.1, 0.15) is 17.9 Å². The molecule has 0 saturated heterocycles. The Hall–Kier alpha value is -3.22. The van der Waals surface area contributed by atoms with Crippen LogP contribution in [-0.2, 0) is 27.2 Å². The lowest BCUT2D eigenvalue weighted by atomic mass is 10.0. The van der Waals surface area contributed by atoms with Crippen LogP contribution in [0.2, 0.25) is 0 Å². The van der Waals surface area contributed by atoms with E-state index in [1.807, 2.05) is 30.3 Å². The minimum Gasteiger partial charge on any atom is -0.368 e. The fraction of sp³-hybridized carbons (Fsp3) is 0.250. The second kappa shape index (κ2) is 9.47. The standard InChI is InChI=1S/C20H22FN3O3/c1-13(25)23-18(12-15-9-5-6-10-16(15)21)20(27)24-17(19(22)26)11-14-7-3-2-4-8-14/h2-10,17-18H,11-12H2,1H3,(H2,22,26)(H,23,25)(H,24,27)/t17-,18-/m0/s1. The number of nitrogens with one attached hydrogen (secondary N) is 2. The Bertz CT molecular complexity index is 811. The van der Waals surface area contributed by atoms with Crippen molar-refractivity contribution >= 4 is 17.7 Å². The minimum absolute atomic E-state index is 0.0467. The molecule has 0 radical (unpaired) electrons. The second-order valence-electron chi connectivity index (χ2n) is 6.20. The average Bonchev–Trinajstić information content (AvgIpc) is 2.62. The molecule has 0 aromatic heterocycles. The Morgan fingerprint density at radius 1 is 0.926 bits per heavy atom. The summed E-state index contributed by atoms with van der Waals surface area (Å²) in [6.07, 6.45) is 0.170. The lowest BCUT2D eigenvalue weighted by molar-refractivity contribution is -0.130. The zero-order valence-corrected chi connectivity index (χ0v) is 14.9. The van der Waals surface area contributed by atoms with Crippen molar-refractivity contribution in [3.8, 4) is 0 Å². The van der Waals surface area contributed by atoms with E-state index in [0.717, 1.165) is 5.56 Å². The summed E-state index contributed by atoms with van der Waals surface area (Å²) in [6, 6.07) is 13.1. The van der Waals surface area contributed by atoms with Crippen molar-refractivity contribution < 1.29 is 18.8 Å². The number of benzene rings is 2. The molecule has 2 rings (SSSR count). The molecule has 0 spiro atoms. The topological polar surface area (TPSA) is 101 Å². The van der Waals surface area contributed by atoms with Crippen molar-refractivity contribution in [2.75, 3.05) is 0 Å². The number of rotatable bonds is 8. The number of hydrogen-bond donors (Lipinski definition) is 3. The molecule has 7 heteroatoms. The van der Waals surface area contributed by atoms with Crippen molar-refractivity contribution in [2.24, 2.45) is 5.73 Å². The van der Waals surface area contributed by atoms with Crippen molar-refractivity contribution in [2.45, 2.75) is 31.8 Å². The van der Waals surface area contributed by atoms with Crippen LogP contribution >= 0.6 is 0 Å². The highest BCUT2D eigenvalue weighted by Crippen LogP contribution is 2.10. The third kappa shape index (κ3) is 6.22.